The fourth-order valence-corrected chi connectivity index (χ4v) is 12.2. The first kappa shape index (κ1) is 89.7. The van der Waals surface area contributed by atoms with Crippen molar-refractivity contribution >= 4 is 113 Å². The molecule has 0 aliphatic carbocycles. The Balaban J connectivity index is 1.31. The Morgan fingerprint density at radius 1 is 0.438 bits per heavy atom. The summed E-state index contributed by atoms with van der Waals surface area (Å²) in [6, 6.07) is 19.2. The zero-order chi connectivity index (χ0) is 82.0. The van der Waals surface area contributed by atoms with Crippen LogP contribution in [0.3, 0.4) is 0 Å². The minimum atomic E-state index is -1.89. The number of H-pyrrole nitrogens is 1. The zero-order valence-corrected chi connectivity index (χ0v) is 63.6. The molecule has 0 aliphatic rings. The van der Waals surface area contributed by atoms with E-state index in [0.29, 0.717) is 45.1 Å². The number of carbonyl (C=O) groups excluding carboxylic acids is 11. The summed E-state index contributed by atoms with van der Waals surface area (Å²) in [5, 5.41) is 90.8. The number of aromatic nitrogens is 1. The fraction of sp³-hybridized carbons (Fsp3) is 0.408. The van der Waals surface area contributed by atoms with Crippen LogP contribution in [-0.2, 0) is 89.6 Å². The van der Waals surface area contributed by atoms with E-state index >= 15 is 19.2 Å². The van der Waals surface area contributed by atoms with Gasteiger partial charge in [-0.1, -0.05) is 121 Å². The van der Waals surface area contributed by atoms with Gasteiger partial charge in [0, 0.05) is 67.3 Å². The van der Waals surface area contributed by atoms with E-state index in [-0.39, 0.29) is 94.1 Å². The van der Waals surface area contributed by atoms with E-state index in [1.807, 2.05) is 0 Å². The number of aliphatic carboxylic acids is 1. The summed E-state index contributed by atoms with van der Waals surface area (Å²) >= 11 is 8.02. The number of rotatable bonds is 46. The largest absolute Gasteiger partial charge is 0.508 e. The third-order valence-corrected chi connectivity index (χ3v) is 18.7. The van der Waals surface area contributed by atoms with Crippen LogP contribution >= 0.6 is 25.3 Å². The highest BCUT2D eigenvalue weighted by atomic mass is 32.1. The minimum Gasteiger partial charge on any atom is -0.508 e. The second kappa shape index (κ2) is 45.9. The lowest BCUT2D eigenvalue weighted by molar-refractivity contribution is -0.142. The summed E-state index contributed by atoms with van der Waals surface area (Å²) in [4.78, 5) is 174. The Hall–Kier alpha value is -11.1. The molecule has 5 aromatic carbocycles. The first-order valence-electron chi connectivity index (χ1n) is 36.3. The minimum absolute atomic E-state index is 0.0282. The van der Waals surface area contributed by atoms with Crippen molar-refractivity contribution in [2.45, 2.75) is 163 Å². The number of phenols is 1. The standard InChI is InChI=1S/C76H101N17O17S2/c1-42(95)62(73(107)89-58(35-46-21-10-5-11-22-46)71(105)93-63(43(2)96)74(108)90-60(39-94)72(106)91-61(41-112)75(109)110)92-66(100)53(25-14-15-31-77)84-70(104)59(37-48-38-82-52-24-13-12-23-50(48)52)88-69(103)56(34-45-19-8-4-9-20-45)87-67(101)55(33-44-17-6-3-7-18-44)86-68(102)57(36-47-27-29-49(97)30-28-47)85-65(99)54(26-16-32-81-76(79)80)83-64(98)51(78)40-111/h3-13,17-24,27-30,38,42-43,51,53-63,82,94-97,111-112H,14-16,25-26,31-37,39-41,77-78H2,1-2H3,(H,83,98)(H,84,104)(H,85,99)(H,86,102)(H,87,101)(H,88,103)(H,89,107)(H,90,108)(H,91,106)(H,92,100)(H,93,105)(H,109,110)(H4,79,80,81)/t42?,43?,51-,53-,54-,55-,56-,57-,58-,59+,60-,61-,62-,63-/m0/s1. The molecule has 1 heterocycles. The third-order valence-electron chi connectivity index (χ3n) is 18.0. The third kappa shape index (κ3) is 28.9. The van der Waals surface area contributed by atoms with Crippen LogP contribution in [0.5, 0.6) is 5.75 Å². The van der Waals surface area contributed by atoms with Crippen molar-refractivity contribution in [3.63, 3.8) is 0 Å². The number of fused-ring (bicyclic) bond motifs is 1. The quantitative estimate of drug-likeness (QED) is 0.00791. The van der Waals surface area contributed by atoms with E-state index in [0.717, 1.165) is 13.8 Å². The summed E-state index contributed by atoms with van der Waals surface area (Å²) in [7, 11) is 0. The molecule has 0 spiro atoms. The number of phenolic OH excluding ortho intramolecular Hbond substituents is 1. The Labute approximate surface area is 657 Å². The molecule has 11 amide bonds. The molecule has 14 atom stereocenters. The number of hydrogen-bond acceptors (Lipinski definition) is 21. The monoisotopic (exact) mass is 1590 g/mol. The number of aliphatic hydroxyl groups excluding tert-OH is 3. The highest BCUT2D eigenvalue weighted by Gasteiger charge is 2.39. The Kier molecular flexibility index (Phi) is 36.8. The number of hydrogen-bond donors (Lipinski definition) is 24. The maximum absolute atomic E-state index is 15.4. The van der Waals surface area contributed by atoms with Gasteiger partial charge in [0.15, 0.2) is 5.96 Å². The number of aromatic hydroxyl groups is 1. The lowest BCUT2D eigenvalue weighted by Gasteiger charge is -2.29. The van der Waals surface area contributed by atoms with Gasteiger partial charge in [0.1, 0.15) is 72.2 Å². The van der Waals surface area contributed by atoms with Gasteiger partial charge in [-0.25, -0.2) is 4.79 Å². The number of benzene rings is 5. The van der Waals surface area contributed by atoms with Crippen LogP contribution in [0.4, 0.5) is 0 Å². The predicted octanol–water partition coefficient (Wildman–Crippen LogP) is -2.86. The van der Waals surface area contributed by atoms with Crippen LogP contribution in [0.15, 0.2) is 146 Å². The van der Waals surface area contributed by atoms with Crippen molar-refractivity contribution in [3.05, 3.63) is 174 Å². The molecule has 25 N–H and O–H groups in total. The van der Waals surface area contributed by atoms with Crippen molar-refractivity contribution < 1.29 is 83.1 Å². The zero-order valence-electron chi connectivity index (χ0n) is 61.8. The van der Waals surface area contributed by atoms with E-state index < -0.39 is 162 Å². The summed E-state index contributed by atoms with van der Waals surface area (Å²) < 4.78 is 0. The first-order chi connectivity index (χ1) is 53.5. The van der Waals surface area contributed by atoms with Gasteiger partial charge in [0.25, 0.3) is 0 Å². The molecule has 2 unspecified atom stereocenters. The lowest BCUT2D eigenvalue weighted by atomic mass is 9.99. The summed E-state index contributed by atoms with van der Waals surface area (Å²) in [6.07, 6.45) is -2.46. The van der Waals surface area contributed by atoms with E-state index in [1.165, 1.54) is 24.3 Å². The van der Waals surface area contributed by atoms with Crippen LogP contribution < -0.4 is 81.0 Å². The first-order valence-corrected chi connectivity index (χ1v) is 37.5. The van der Waals surface area contributed by atoms with Gasteiger partial charge in [0.05, 0.1) is 24.9 Å². The van der Waals surface area contributed by atoms with Crippen LogP contribution in [0.25, 0.3) is 10.9 Å². The van der Waals surface area contributed by atoms with E-state index in [4.69, 9.17) is 22.6 Å². The number of guanidine groups is 1. The topological polar surface area (TPSA) is 568 Å². The lowest BCUT2D eigenvalue weighted by Crippen LogP contribution is -2.63. The second-order valence-electron chi connectivity index (χ2n) is 26.8. The predicted molar refractivity (Wildman–Crippen MR) is 421 cm³/mol. The molecule has 36 heteroatoms. The maximum atomic E-state index is 15.4. The Morgan fingerprint density at radius 3 is 1.21 bits per heavy atom. The van der Waals surface area contributed by atoms with Gasteiger partial charge >= 0.3 is 5.97 Å². The molecule has 0 radical (unpaired) electrons. The van der Waals surface area contributed by atoms with Crippen molar-refractivity contribution in [3.8, 4) is 5.75 Å². The number of carbonyl (C=O) groups is 12. The highest BCUT2D eigenvalue weighted by Crippen LogP contribution is 2.21. The van der Waals surface area contributed by atoms with Crippen LogP contribution in [0.2, 0.25) is 0 Å². The van der Waals surface area contributed by atoms with Gasteiger partial charge in [0.2, 0.25) is 65.0 Å². The summed E-state index contributed by atoms with van der Waals surface area (Å²) in [6.45, 7) is 1.49. The molecule has 0 bridgehead atoms. The molecule has 1 aromatic heterocycles. The van der Waals surface area contributed by atoms with Gasteiger partial charge in [-0.15, -0.1) is 0 Å². The number of unbranched alkanes of at least 4 members (excludes halogenated alkanes) is 1. The molecule has 6 rings (SSSR count). The highest BCUT2D eigenvalue weighted by molar-refractivity contribution is 7.80. The SMILES string of the molecule is CC(O)[C@H](NC(=O)[C@H](Cc1ccccc1)NC(=O)[C@@H](NC(=O)[C@H](CCCCN)NC(=O)[C@@H](Cc1c[nH]c2ccccc12)NC(=O)[C@H](Cc1ccccc1)NC(=O)[C@H](Cc1ccccc1)NC(=O)[C@H](Cc1ccc(O)cc1)NC(=O)[C@H](CCCNC(=N)N)NC(=O)[C@@H](N)CS)C(C)O)C(=O)N[C@@H](CO)C(=O)N[C@@H](CS)C(=O)O. The Morgan fingerprint density at radius 2 is 0.795 bits per heavy atom. The summed E-state index contributed by atoms with van der Waals surface area (Å²) in [5.41, 5.74) is 20.5. The van der Waals surface area contributed by atoms with Crippen molar-refractivity contribution in [2.75, 3.05) is 31.2 Å². The van der Waals surface area contributed by atoms with Crippen molar-refractivity contribution in [2.24, 2.45) is 17.2 Å². The number of aromatic amines is 1. The summed E-state index contributed by atoms with van der Waals surface area (Å²) in [5.74, 6) is -13.2. The van der Waals surface area contributed by atoms with E-state index in [2.05, 4.69) is 94.0 Å². The molecule has 112 heavy (non-hydrogen) atoms. The molecule has 604 valence electrons. The number of nitrogens with two attached hydrogens (primary N) is 3. The van der Waals surface area contributed by atoms with Crippen LogP contribution in [0.1, 0.15) is 73.8 Å². The second-order valence-corrected chi connectivity index (χ2v) is 27.5. The van der Waals surface area contributed by atoms with Crippen molar-refractivity contribution in [1.29, 1.82) is 5.41 Å². The number of amides is 11. The molecule has 6 aromatic rings. The number of thiol groups is 2. The average molecular weight is 1590 g/mol. The normalized spacial score (nSPS) is 14.9. The van der Waals surface area contributed by atoms with Gasteiger partial charge < -0.3 is 112 Å². The van der Waals surface area contributed by atoms with Crippen LogP contribution in [0, 0.1) is 5.41 Å². The number of carboxylic acid groups (broad SMARTS) is 1. The molecular weight excluding hydrogens is 1490 g/mol. The molecule has 0 aliphatic heterocycles. The number of aliphatic hydroxyl groups is 3. The smallest absolute Gasteiger partial charge is 0.327 e. The maximum Gasteiger partial charge on any atom is 0.327 e. The molecular formula is C76H101N17O17S2. The number of para-hydroxylation sites is 1. The Bertz CT molecular complexity index is 4130. The van der Waals surface area contributed by atoms with E-state index in [9.17, 15) is 63.9 Å². The molecule has 0 fully saturated rings. The average Bonchev–Trinajstić information content (AvgIpc) is 1.66. The molecule has 34 nitrogen and oxygen atoms in total. The van der Waals surface area contributed by atoms with Gasteiger partial charge in [-0.05, 0) is 98.5 Å². The van der Waals surface area contributed by atoms with Crippen molar-refractivity contribution in [1.82, 2.24) is 68.8 Å². The molecule has 0 saturated carbocycles. The number of carboxylic acids is 1. The van der Waals surface area contributed by atoms with E-state index in [1.54, 1.807) is 121 Å². The van der Waals surface area contributed by atoms with Gasteiger partial charge in [-0.2, -0.15) is 25.3 Å². The number of nitrogens with one attached hydrogen (secondary N) is 14. The van der Waals surface area contributed by atoms with Gasteiger partial charge in [-0.3, -0.25) is 58.1 Å². The molecule has 0 saturated heterocycles. The fourth-order valence-electron chi connectivity index (χ4n) is 11.8. The van der Waals surface area contributed by atoms with Crippen LogP contribution in [-0.4, -0.2) is 223 Å².